The van der Waals surface area contributed by atoms with Gasteiger partial charge in [-0.1, -0.05) is 47.5 Å². The molecule has 0 aromatic heterocycles. The lowest BCUT2D eigenvalue weighted by atomic mass is 10.1. The Labute approximate surface area is 128 Å². The van der Waals surface area contributed by atoms with Gasteiger partial charge in [0.15, 0.2) is 0 Å². The lowest BCUT2D eigenvalue weighted by Crippen LogP contribution is -2.27. The van der Waals surface area contributed by atoms with Gasteiger partial charge in [0.05, 0.1) is 11.1 Å². The summed E-state index contributed by atoms with van der Waals surface area (Å²) in [5.41, 5.74) is 1.99. The zero-order valence-corrected chi connectivity index (χ0v) is 11.9. The highest BCUT2D eigenvalue weighted by atomic mass is 16.7. The number of hydrogen-bond donors (Lipinski definition) is 0. The zero-order chi connectivity index (χ0) is 15.4. The Morgan fingerprint density at radius 1 is 0.864 bits per heavy atom. The molecular formula is C18H15NO3. The molecule has 1 aliphatic rings. The molecule has 2 amide bonds. The standard InChI is InChI=1S/C18H15NO3/c20-17-15-11-4-5-12-16(15)18(21)19(17)22-13-7-6-10-14-8-2-1-3-9-14/h1-5,7-9,11-13H,6,10H2. The fourth-order valence-electron chi connectivity index (χ4n) is 2.33. The molecule has 0 saturated heterocycles. The van der Waals surface area contributed by atoms with E-state index in [0.29, 0.717) is 11.1 Å². The van der Waals surface area contributed by atoms with Crippen LogP contribution in [0.1, 0.15) is 32.7 Å². The first-order valence-electron chi connectivity index (χ1n) is 7.11. The predicted octanol–water partition coefficient (Wildman–Crippen LogP) is 3.36. The van der Waals surface area contributed by atoms with Crippen LogP contribution in [0.15, 0.2) is 66.9 Å². The van der Waals surface area contributed by atoms with Crippen LogP contribution >= 0.6 is 0 Å². The Kier molecular flexibility index (Phi) is 4.01. The molecule has 0 radical (unpaired) electrons. The van der Waals surface area contributed by atoms with Crippen LogP contribution in [-0.2, 0) is 11.3 Å². The second kappa shape index (κ2) is 6.26. The third-order valence-corrected chi connectivity index (χ3v) is 3.46. The van der Waals surface area contributed by atoms with Crippen LogP contribution in [0.25, 0.3) is 0 Å². The largest absolute Gasteiger partial charge is 0.377 e. The summed E-state index contributed by atoms with van der Waals surface area (Å²) >= 11 is 0. The van der Waals surface area contributed by atoms with Crippen molar-refractivity contribution in [1.29, 1.82) is 0 Å². The van der Waals surface area contributed by atoms with Crippen molar-refractivity contribution in [2.75, 3.05) is 0 Å². The first-order chi connectivity index (χ1) is 10.8. The fourth-order valence-corrected chi connectivity index (χ4v) is 2.33. The van der Waals surface area contributed by atoms with Crippen LogP contribution in [0.3, 0.4) is 0 Å². The van der Waals surface area contributed by atoms with Crippen molar-refractivity contribution in [3.8, 4) is 0 Å². The van der Waals surface area contributed by atoms with E-state index in [0.717, 1.165) is 17.9 Å². The molecule has 110 valence electrons. The number of rotatable bonds is 5. The summed E-state index contributed by atoms with van der Waals surface area (Å²) in [5, 5.41) is 0.795. The topological polar surface area (TPSA) is 46.6 Å². The number of allylic oxidation sites excluding steroid dienone is 1. The molecule has 1 heterocycles. The summed E-state index contributed by atoms with van der Waals surface area (Å²) in [7, 11) is 0. The lowest BCUT2D eigenvalue weighted by Gasteiger charge is -2.10. The quantitative estimate of drug-likeness (QED) is 0.627. The number of imide groups is 1. The molecule has 2 aromatic rings. The molecule has 3 rings (SSSR count). The lowest BCUT2D eigenvalue weighted by molar-refractivity contribution is -0.0429. The van der Waals surface area contributed by atoms with Gasteiger partial charge in [-0.25, -0.2) is 0 Å². The molecule has 0 bridgehead atoms. The van der Waals surface area contributed by atoms with Gasteiger partial charge in [0, 0.05) is 0 Å². The van der Waals surface area contributed by atoms with Gasteiger partial charge < -0.3 is 4.84 Å². The third-order valence-electron chi connectivity index (χ3n) is 3.46. The van der Waals surface area contributed by atoms with E-state index in [-0.39, 0.29) is 0 Å². The molecule has 22 heavy (non-hydrogen) atoms. The van der Waals surface area contributed by atoms with E-state index in [4.69, 9.17) is 4.84 Å². The predicted molar refractivity (Wildman–Crippen MR) is 81.9 cm³/mol. The van der Waals surface area contributed by atoms with E-state index >= 15 is 0 Å². The SMILES string of the molecule is O=C1c2ccccc2C(=O)N1OC=CCCc1ccccc1. The molecule has 1 aliphatic heterocycles. The van der Waals surface area contributed by atoms with Gasteiger partial charge >= 0.3 is 0 Å². The minimum Gasteiger partial charge on any atom is -0.377 e. The number of carbonyl (C=O) groups is 2. The zero-order valence-electron chi connectivity index (χ0n) is 11.9. The number of carbonyl (C=O) groups excluding carboxylic acids is 2. The van der Waals surface area contributed by atoms with Gasteiger partial charge in [-0.05, 0) is 36.6 Å². The van der Waals surface area contributed by atoms with Gasteiger partial charge in [0.25, 0.3) is 11.8 Å². The van der Waals surface area contributed by atoms with E-state index in [2.05, 4.69) is 12.1 Å². The number of nitrogens with zero attached hydrogens (tertiary/aromatic N) is 1. The maximum Gasteiger partial charge on any atom is 0.295 e. The highest BCUT2D eigenvalue weighted by Gasteiger charge is 2.36. The summed E-state index contributed by atoms with van der Waals surface area (Å²) in [5.74, 6) is -0.846. The van der Waals surface area contributed by atoms with Gasteiger partial charge in [0.1, 0.15) is 6.26 Å². The van der Waals surface area contributed by atoms with Crippen LogP contribution in [0.5, 0.6) is 0 Å². The molecule has 0 N–H and O–H groups in total. The van der Waals surface area contributed by atoms with E-state index < -0.39 is 11.8 Å². The Morgan fingerprint density at radius 3 is 2.09 bits per heavy atom. The monoisotopic (exact) mass is 293 g/mol. The van der Waals surface area contributed by atoms with Crippen molar-refractivity contribution >= 4 is 11.8 Å². The maximum absolute atomic E-state index is 12.0. The molecule has 2 aromatic carbocycles. The average molecular weight is 293 g/mol. The smallest absolute Gasteiger partial charge is 0.295 e. The van der Waals surface area contributed by atoms with Gasteiger partial charge in [-0.3, -0.25) is 9.59 Å². The second-order valence-electron chi connectivity index (χ2n) is 4.95. The van der Waals surface area contributed by atoms with Gasteiger partial charge in [-0.15, -0.1) is 0 Å². The number of hydrogen-bond acceptors (Lipinski definition) is 3. The van der Waals surface area contributed by atoms with Crippen molar-refractivity contribution in [3.63, 3.8) is 0 Å². The van der Waals surface area contributed by atoms with Crippen LogP contribution in [0.2, 0.25) is 0 Å². The summed E-state index contributed by atoms with van der Waals surface area (Å²) in [4.78, 5) is 29.3. The highest BCUT2D eigenvalue weighted by molar-refractivity contribution is 6.20. The first-order valence-corrected chi connectivity index (χ1v) is 7.11. The normalized spacial score (nSPS) is 13.7. The van der Waals surface area contributed by atoms with Crippen molar-refractivity contribution < 1.29 is 14.4 Å². The minimum absolute atomic E-state index is 0.380. The summed E-state index contributed by atoms with van der Waals surface area (Å²) in [6, 6.07) is 16.8. The Balaban J connectivity index is 1.55. The number of amides is 2. The second-order valence-corrected chi connectivity index (χ2v) is 4.95. The van der Waals surface area contributed by atoms with Crippen LogP contribution in [0.4, 0.5) is 0 Å². The fraction of sp³-hybridized carbons (Fsp3) is 0.111. The molecule has 4 nitrogen and oxygen atoms in total. The van der Waals surface area contributed by atoms with Gasteiger partial charge in [-0.2, -0.15) is 0 Å². The molecule has 0 fully saturated rings. The highest BCUT2D eigenvalue weighted by Crippen LogP contribution is 2.22. The van der Waals surface area contributed by atoms with Crippen molar-refractivity contribution in [2.24, 2.45) is 0 Å². The maximum atomic E-state index is 12.0. The van der Waals surface area contributed by atoms with Crippen molar-refractivity contribution in [2.45, 2.75) is 12.8 Å². The number of benzene rings is 2. The molecule has 0 atom stereocenters. The summed E-state index contributed by atoms with van der Waals surface area (Å²) in [6.07, 6.45) is 4.84. The van der Waals surface area contributed by atoms with Crippen LogP contribution in [-0.4, -0.2) is 16.9 Å². The Morgan fingerprint density at radius 2 is 1.45 bits per heavy atom. The molecule has 4 heteroatoms. The Hall–Kier alpha value is -2.88. The molecule has 0 unspecified atom stereocenters. The molecular weight excluding hydrogens is 278 g/mol. The first kappa shape index (κ1) is 14.1. The third kappa shape index (κ3) is 2.76. The molecule has 0 aliphatic carbocycles. The van der Waals surface area contributed by atoms with E-state index in [1.54, 1.807) is 30.3 Å². The summed E-state index contributed by atoms with van der Waals surface area (Å²) in [6.45, 7) is 0. The van der Waals surface area contributed by atoms with Crippen molar-refractivity contribution in [1.82, 2.24) is 5.06 Å². The molecule has 0 spiro atoms. The number of fused-ring (bicyclic) bond motifs is 1. The average Bonchev–Trinajstić information content (AvgIpc) is 2.81. The number of hydroxylamine groups is 2. The van der Waals surface area contributed by atoms with Crippen molar-refractivity contribution in [3.05, 3.63) is 83.6 Å². The minimum atomic E-state index is -0.423. The van der Waals surface area contributed by atoms with Gasteiger partial charge in [0.2, 0.25) is 0 Å². The van der Waals surface area contributed by atoms with E-state index in [1.165, 1.54) is 11.8 Å². The Bertz CT molecular complexity index is 687. The van der Waals surface area contributed by atoms with E-state index in [9.17, 15) is 9.59 Å². The van der Waals surface area contributed by atoms with Crippen LogP contribution < -0.4 is 0 Å². The number of aryl methyl sites for hydroxylation is 1. The summed E-state index contributed by atoms with van der Waals surface area (Å²) < 4.78 is 0. The van der Waals surface area contributed by atoms with E-state index in [1.807, 2.05) is 18.2 Å². The van der Waals surface area contributed by atoms with Crippen LogP contribution in [0, 0.1) is 0 Å². The molecule has 0 saturated carbocycles.